The molecule has 0 saturated heterocycles. The summed E-state index contributed by atoms with van der Waals surface area (Å²) in [6.45, 7) is 11.4. The van der Waals surface area contributed by atoms with Gasteiger partial charge in [0.2, 0.25) is 0 Å². The lowest BCUT2D eigenvalue weighted by molar-refractivity contribution is -0.143. The molecule has 1 aromatic heterocycles. The van der Waals surface area contributed by atoms with E-state index in [9.17, 15) is 14.4 Å². The lowest BCUT2D eigenvalue weighted by Crippen LogP contribution is -2.37. The minimum absolute atomic E-state index is 0.0449. The summed E-state index contributed by atoms with van der Waals surface area (Å²) in [5.41, 5.74) is 0.509. The van der Waals surface area contributed by atoms with Crippen molar-refractivity contribution in [2.24, 2.45) is 5.41 Å². The van der Waals surface area contributed by atoms with Crippen LogP contribution in [0.15, 0.2) is 36.9 Å². The maximum atomic E-state index is 13.9. The number of ketones is 1. The van der Waals surface area contributed by atoms with Crippen LogP contribution < -0.4 is 0 Å². The number of ether oxygens (including phenoxy) is 2. The number of carbonyl (C=O) groups is 3. The van der Waals surface area contributed by atoms with Gasteiger partial charge in [-0.25, -0.2) is 9.36 Å². The lowest BCUT2D eigenvalue weighted by atomic mass is 9.67. The molecule has 31 heavy (non-hydrogen) atoms. The molecular weight excluding hydrogens is 394 g/mol. The maximum absolute atomic E-state index is 13.9. The van der Waals surface area contributed by atoms with E-state index in [1.54, 1.807) is 13.0 Å². The summed E-state index contributed by atoms with van der Waals surface area (Å²) in [4.78, 5) is 38.9. The Kier molecular flexibility index (Phi) is 6.39. The van der Waals surface area contributed by atoms with Gasteiger partial charge in [0, 0.05) is 28.5 Å². The second kappa shape index (κ2) is 8.69. The van der Waals surface area contributed by atoms with Crippen LogP contribution in [0.25, 0.3) is 10.9 Å². The summed E-state index contributed by atoms with van der Waals surface area (Å²) < 4.78 is 12.2. The Morgan fingerprint density at radius 1 is 1.26 bits per heavy atom. The molecule has 0 spiro atoms. The highest BCUT2D eigenvalue weighted by Gasteiger charge is 2.45. The average molecular weight is 426 g/mol. The first-order chi connectivity index (χ1) is 14.6. The Morgan fingerprint density at radius 3 is 2.61 bits per heavy atom. The Balaban J connectivity index is 2.08. The normalized spacial score (nSPS) is 18.5. The molecule has 0 aliphatic heterocycles. The molecule has 0 saturated carbocycles. The van der Waals surface area contributed by atoms with Gasteiger partial charge in [0.15, 0.2) is 5.78 Å². The fourth-order valence-corrected chi connectivity index (χ4v) is 4.42. The number of nitrogens with zero attached hydrogens (tertiary/aromatic N) is 1. The average Bonchev–Trinajstić information content (AvgIpc) is 3.03. The molecule has 1 heterocycles. The number of allylic oxidation sites excluding steroid dienone is 1. The van der Waals surface area contributed by atoms with Crippen LogP contribution in [0.5, 0.6) is 0 Å². The topological polar surface area (TPSA) is 74.6 Å². The number of benzene rings is 1. The second-order valence-electron chi connectivity index (χ2n) is 9.06. The van der Waals surface area contributed by atoms with Crippen LogP contribution in [0.3, 0.4) is 0 Å². The van der Waals surface area contributed by atoms with Crippen molar-refractivity contribution in [3.05, 3.63) is 48.2 Å². The third kappa shape index (κ3) is 4.43. The molecule has 3 rings (SSSR count). The van der Waals surface area contributed by atoms with E-state index in [0.29, 0.717) is 49.1 Å². The van der Waals surface area contributed by atoms with Gasteiger partial charge in [0.25, 0.3) is 0 Å². The summed E-state index contributed by atoms with van der Waals surface area (Å²) >= 11 is 0. The molecule has 6 nitrogen and oxygen atoms in total. The molecule has 1 aliphatic rings. The maximum Gasteiger partial charge on any atom is 0.419 e. The number of hydrogen-bond acceptors (Lipinski definition) is 5. The number of esters is 1. The molecule has 0 fully saturated rings. The van der Waals surface area contributed by atoms with Crippen molar-refractivity contribution in [2.75, 3.05) is 6.61 Å². The summed E-state index contributed by atoms with van der Waals surface area (Å²) in [6, 6.07) is 7.40. The van der Waals surface area contributed by atoms with Crippen LogP contribution in [0.2, 0.25) is 0 Å². The zero-order valence-electron chi connectivity index (χ0n) is 18.8. The van der Waals surface area contributed by atoms with Crippen LogP contribution in [0.4, 0.5) is 4.79 Å². The van der Waals surface area contributed by atoms with Crippen molar-refractivity contribution in [2.45, 2.75) is 65.4 Å². The van der Waals surface area contributed by atoms with Crippen LogP contribution in [0.1, 0.15) is 69.4 Å². The number of fused-ring (bicyclic) bond motifs is 3. The first-order valence-corrected chi connectivity index (χ1v) is 10.8. The summed E-state index contributed by atoms with van der Waals surface area (Å²) in [5.74, 6) is -0.350. The third-order valence-electron chi connectivity index (χ3n) is 5.75. The van der Waals surface area contributed by atoms with E-state index in [1.807, 2.05) is 45.0 Å². The lowest BCUT2D eigenvalue weighted by Gasteiger charge is -2.35. The van der Waals surface area contributed by atoms with Gasteiger partial charge in [-0.1, -0.05) is 24.3 Å². The number of aromatic nitrogens is 1. The number of para-hydroxylation sites is 1. The molecular formula is C25H31NO5. The smallest absolute Gasteiger partial charge is 0.419 e. The van der Waals surface area contributed by atoms with Crippen LogP contribution >= 0.6 is 0 Å². The number of rotatable bonds is 6. The van der Waals surface area contributed by atoms with E-state index in [0.717, 1.165) is 5.39 Å². The van der Waals surface area contributed by atoms with Gasteiger partial charge in [-0.3, -0.25) is 9.59 Å². The molecule has 166 valence electrons. The standard InChI is InChI=1S/C25H31NO5/c1-6-14-25(16-13-20(27)30-7-2)15-12-19-21(22(25)28)17-10-8-9-11-18(17)26(19)23(29)31-24(3,4)5/h6,8-11H,1,7,12-16H2,2-5H3. The molecule has 1 atom stereocenters. The summed E-state index contributed by atoms with van der Waals surface area (Å²) in [6.07, 6.45) is 3.35. The molecule has 1 aliphatic carbocycles. The van der Waals surface area contributed by atoms with Gasteiger partial charge in [-0.2, -0.15) is 0 Å². The van der Waals surface area contributed by atoms with Gasteiger partial charge >= 0.3 is 12.1 Å². The highest BCUT2D eigenvalue weighted by Crippen LogP contribution is 2.45. The molecule has 1 aromatic carbocycles. The SMILES string of the molecule is C=CCC1(CCC(=O)OCC)CCc2c(c3ccccc3n2C(=O)OC(C)(C)C)C1=O. The Labute approximate surface area is 183 Å². The fourth-order valence-electron chi connectivity index (χ4n) is 4.42. The van der Waals surface area contributed by atoms with E-state index in [-0.39, 0.29) is 18.2 Å². The molecule has 6 heteroatoms. The van der Waals surface area contributed by atoms with Crippen molar-refractivity contribution in [1.29, 1.82) is 0 Å². The summed E-state index contributed by atoms with van der Waals surface area (Å²) in [7, 11) is 0. The monoisotopic (exact) mass is 425 g/mol. The first kappa shape index (κ1) is 22.8. The second-order valence-corrected chi connectivity index (χ2v) is 9.06. The highest BCUT2D eigenvalue weighted by molar-refractivity contribution is 6.14. The largest absolute Gasteiger partial charge is 0.466 e. The van der Waals surface area contributed by atoms with Crippen molar-refractivity contribution >= 4 is 28.7 Å². The Morgan fingerprint density at radius 2 is 1.97 bits per heavy atom. The zero-order valence-corrected chi connectivity index (χ0v) is 18.8. The van der Waals surface area contributed by atoms with Crippen LogP contribution in [0, 0.1) is 5.41 Å². The van der Waals surface area contributed by atoms with Crippen molar-refractivity contribution in [3.8, 4) is 0 Å². The minimum atomic E-state index is -0.732. The highest BCUT2D eigenvalue weighted by atomic mass is 16.6. The fraction of sp³-hybridized carbons (Fsp3) is 0.480. The van der Waals surface area contributed by atoms with E-state index >= 15 is 0 Å². The Hall–Kier alpha value is -2.89. The van der Waals surface area contributed by atoms with Crippen molar-refractivity contribution in [3.63, 3.8) is 0 Å². The summed E-state index contributed by atoms with van der Waals surface area (Å²) in [5, 5.41) is 0.734. The molecule has 0 radical (unpaired) electrons. The van der Waals surface area contributed by atoms with Crippen molar-refractivity contribution in [1.82, 2.24) is 4.57 Å². The number of Topliss-reactive ketones (excluding diaryl/α,β-unsaturated/α-hetero) is 1. The van der Waals surface area contributed by atoms with Gasteiger partial charge in [0.05, 0.1) is 12.1 Å². The van der Waals surface area contributed by atoms with Gasteiger partial charge in [-0.15, -0.1) is 6.58 Å². The number of carbonyl (C=O) groups excluding carboxylic acids is 3. The third-order valence-corrected chi connectivity index (χ3v) is 5.75. The zero-order chi connectivity index (χ0) is 22.8. The van der Waals surface area contributed by atoms with Crippen LogP contribution in [-0.4, -0.2) is 34.6 Å². The minimum Gasteiger partial charge on any atom is -0.466 e. The van der Waals surface area contributed by atoms with Crippen LogP contribution in [-0.2, 0) is 20.7 Å². The Bertz CT molecular complexity index is 1030. The quantitative estimate of drug-likeness (QED) is 0.454. The molecule has 0 amide bonds. The predicted octanol–water partition coefficient (Wildman–Crippen LogP) is 5.46. The molecule has 0 N–H and O–H groups in total. The van der Waals surface area contributed by atoms with Gasteiger partial charge in [-0.05, 0) is 59.4 Å². The van der Waals surface area contributed by atoms with Gasteiger partial charge < -0.3 is 9.47 Å². The number of hydrogen-bond donors (Lipinski definition) is 0. The van der Waals surface area contributed by atoms with E-state index < -0.39 is 17.1 Å². The van der Waals surface area contributed by atoms with Gasteiger partial charge in [0.1, 0.15) is 5.60 Å². The predicted molar refractivity (Wildman–Crippen MR) is 119 cm³/mol. The van der Waals surface area contributed by atoms with E-state index in [4.69, 9.17) is 9.47 Å². The van der Waals surface area contributed by atoms with E-state index in [1.165, 1.54) is 4.57 Å². The first-order valence-electron chi connectivity index (χ1n) is 10.8. The van der Waals surface area contributed by atoms with E-state index in [2.05, 4.69) is 6.58 Å². The molecule has 2 aromatic rings. The molecule has 0 bridgehead atoms. The van der Waals surface area contributed by atoms with Crippen molar-refractivity contribution < 1.29 is 23.9 Å². The molecule has 1 unspecified atom stereocenters.